The van der Waals surface area contributed by atoms with Gasteiger partial charge in [0, 0.05) is 39.4 Å². The third-order valence-corrected chi connectivity index (χ3v) is 3.86. The van der Waals surface area contributed by atoms with Crippen molar-refractivity contribution in [3.05, 3.63) is 29.8 Å². The summed E-state index contributed by atoms with van der Waals surface area (Å²) in [5, 5.41) is 9.13. The van der Waals surface area contributed by atoms with Crippen molar-refractivity contribution in [3.8, 4) is 0 Å². The average molecular weight is 262 g/mol. The van der Waals surface area contributed by atoms with Gasteiger partial charge in [0.2, 0.25) is 0 Å². The predicted octanol–water partition coefficient (Wildman–Crippen LogP) is 1.91. The maximum atomic E-state index is 11.1. The molecule has 1 aliphatic rings. The molecule has 0 aromatic heterocycles. The van der Waals surface area contributed by atoms with Crippen molar-refractivity contribution in [1.82, 2.24) is 4.90 Å². The minimum absolute atomic E-state index is 0.221. The van der Waals surface area contributed by atoms with Gasteiger partial charge in [-0.3, -0.25) is 9.69 Å². The number of hydrogen-bond acceptors (Lipinski definition) is 3. The van der Waals surface area contributed by atoms with Gasteiger partial charge in [0.05, 0.1) is 5.92 Å². The molecule has 1 heterocycles. The molecule has 1 aliphatic heterocycles. The van der Waals surface area contributed by atoms with E-state index < -0.39 is 5.97 Å². The smallest absolute Gasteiger partial charge is 0.308 e. The highest BCUT2D eigenvalue weighted by Gasteiger charge is 2.34. The van der Waals surface area contributed by atoms with Gasteiger partial charge in [-0.2, -0.15) is 0 Å². The first-order chi connectivity index (χ1) is 8.97. The molecular formula is C15H22N2O2. The SMILES string of the molecule is CC1CN(Cc2ccc(N(C)C)cc2)CC1C(=O)O. The lowest BCUT2D eigenvalue weighted by molar-refractivity contribution is -0.142. The Morgan fingerprint density at radius 1 is 1.32 bits per heavy atom. The van der Waals surface area contributed by atoms with Gasteiger partial charge in [-0.1, -0.05) is 19.1 Å². The number of nitrogens with zero attached hydrogens (tertiary/aromatic N) is 2. The second-order valence-electron chi connectivity index (χ2n) is 5.68. The molecule has 2 rings (SSSR count). The first kappa shape index (κ1) is 13.9. The number of anilines is 1. The molecule has 19 heavy (non-hydrogen) atoms. The fraction of sp³-hybridized carbons (Fsp3) is 0.533. The molecule has 1 N–H and O–H groups in total. The van der Waals surface area contributed by atoms with Crippen LogP contribution in [0.2, 0.25) is 0 Å². The fourth-order valence-electron chi connectivity index (χ4n) is 2.68. The van der Waals surface area contributed by atoms with Crippen molar-refractivity contribution in [3.63, 3.8) is 0 Å². The van der Waals surface area contributed by atoms with Crippen LogP contribution in [0, 0.1) is 11.8 Å². The van der Waals surface area contributed by atoms with Crippen LogP contribution in [0.1, 0.15) is 12.5 Å². The van der Waals surface area contributed by atoms with Crippen molar-refractivity contribution >= 4 is 11.7 Å². The van der Waals surface area contributed by atoms with Gasteiger partial charge >= 0.3 is 5.97 Å². The lowest BCUT2D eigenvalue weighted by Gasteiger charge is -2.17. The molecule has 1 aromatic rings. The summed E-state index contributed by atoms with van der Waals surface area (Å²) in [5.41, 5.74) is 2.42. The first-order valence-electron chi connectivity index (χ1n) is 6.69. The Morgan fingerprint density at radius 2 is 1.95 bits per heavy atom. The molecule has 0 radical (unpaired) electrons. The maximum Gasteiger partial charge on any atom is 0.308 e. The molecule has 1 aromatic carbocycles. The number of hydrogen-bond donors (Lipinski definition) is 1. The zero-order valence-corrected chi connectivity index (χ0v) is 11.8. The van der Waals surface area contributed by atoms with Crippen LogP contribution in [-0.2, 0) is 11.3 Å². The van der Waals surface area contributed by atoms with Crippen LogP contribution in [0.25, 0.3) is 0 Å². The monoisotopic (exact) mass is 262 g/mol. The summed E-state index contributed by atoms with van der Waals surface area (Å²) in [5.74, 6) is -0.655. The molecule has 0 saturated carbocycles. The minimum atomic E-state index is -0.669. The molecule has 1 fully saturated rings. The van der Waals surface area contributed by atoms with Crippen LogP contribution >= 0.6 is 0 Å². The molecule has 4 heteroatoms. The van der Waals surface area contributed by atoms with Gasteiger partial charge < -0.3 is 10.0 Å². The lowest BCUT2D eigenvalue weighted by Crippen LogP contribution is -2.23. The quantitative estimate of drug-likeness (QED) is 0.900. The van der Waals surface area contributed by atoms with E-state index >= 15 is 0 Å². The summed E-state index contributed by atoms with van der Waals surface area (Å²) in [6, 6.07) is 8.44. The number of benzene rings is 1. The molecule has 1 saturated heterocycles. The summed E-state index contributed by atoms with van der Waals surface area (Å²) in [6.07, 6.45) is 0. The molecule has 2 atom stereocenters. The Hall–Kier alpha value is -1.55. The number of carboxylic acid groups (broad SMARTS) is 1. The van der Waals surface area contributed by atoms with E-state index in [-0.39, 0.29) is 11.8 Å². The third-order valence-electron chi connectivity index (χ3n) is 3.86. The molecule has 2 unspecified atom stereocenters. The summed E-state index contributed by atoms with van der Waals surface area (Å²) in [7, 11) is 4.04. The third kappa shape index (κ3) is 3.26. The van der Waals surface area contributed by atoms with E-state index in [0.717, 1.165) is 13.1 Å². The summed E-state index contributed by atoms with van der Waals surface area (Å²) in [4.78, 5) is 15.4. The molecular weight excluding hydrogens is 240 g/mol. The topological polar surface area (TPSA) is 43.8 Å². The number of carbonyl (C=O) groups is 1. The summed E-state index contributed by atoms with van der Waals surface area (Å²) < 4.78 is 0. The zero-order chi connectivity index (χ0) is 14.0. The molecule has 0 spiro atoms. The molecule has 104 valence electrons. The van der Waals surface area contributed by atoms with E-state index in [4.69, 9.17) is 5.11 Å². The predicted molar refractivity (Wildman–Crippen MR) is 76.3 cm³/mol. The van der Waals surface area contributed by atoms with Crippen LogP contribution in [0.3, 0.4) is 0 Å². The van der Waals surface area contributed by atoms with E-state index in [1.54, 1.807) is 0 Å². The Balaban J connectivity index is 1.97. The van der Waals surface area contributed by atoms with Gasteiger partial charge in [0.1, 0.15) is 0 Å². The molecule has 0 amide bonds. The second-order valence-corrected chi connectivity index (χ2v) is 5.68. The largest absolute Gasteiger partial charge is 0.481 e. The van der Waals surface area contributed by atoms with E-state index in [0.29, 0.717) is 6.54 Å². The van der Waals surface area contributed by atoms with Gasteiger partial charge in [-0.15, -0.1) is 0 Å². The van der Waals surface area contributed by atoms with E-state index in [1.165, 1.54) is 11.3 Å². The Bertz CT molecular complexity index is 442. The number of carboxylic acids is 1. The maximum absolute atomic E-state index is 11.1. The second kappa shape index (κ2) is 5.61. The van der Waals surface area contributed by atoms with Crippen LogP contribution in [0.5, 0.6) is 0 Å². The van der Waals surface area contributed by atoms with Gasteiger partial charge in [0.25, 0.3) is 0 Å². The van der Waals surface area contributed by atoms with Crippen molar-refractivity contribution in [2.75, 3.05) is 32.1 Å². The molecule has 4 nitrogen and oxygen atoms in total. The van der Waals surface area contributed by atoms with Crippen molar-refractivity contribution in [2.24, 2.45) is 11.8 Å². The standard InChI is InChI=1S/C15H22N2O2/c1-11-8-17(10-14(11)15(18)19)9-12-4-6-13(7-5-12)16(2)3/h4-7,11,14H,8-10H2,1-3H3,(H,18,19). The van der Waals surface area contributed by atoms with Crippen molar-refractivity contribution in [1.29, 1.82) is 0 Å². The first-order valence-corrected chi connectivity index (χ1v) is 6.69. The lowest BCUT2D eigenvalue weighted by atomic mass is 9.99. The highest BCUT2D eigenvalue weighted by atomic mass is 16.4. The van der Waals surface area contributed by atoms with Crippen LogP contribution in [0.15, 0.2) is 24.3 Å². The highest BCUT2D eigenvalue weighted by molar-refractivity contribution is 5.71. The van der Waals surface area contributed by atoms with E-state index in [2.05, 4.69) is 34.1 Å². The van der Waals surface area contributed by atoms with Crippen molar-refractivity contribution in [2.45, 2.75) is 13.5 Å². The van der Waals surface area contributed by atoms with Crippen molar-refractivity contribution < 1.29 is 9.90 Å². The van der Waals surface area contributed by atoms with Crippen LogP contribution in [0.4, 0.5) is 5.69 Å². The van der Waals surface area contributed by atoms with Crippen LogP contribution < -0.4 is 4.90 Å². The van der Waals surface area contributed by atoms with Gasteiger partial charge in [-0.25, -0.2) is 0 Å². The van der Waals surface area contributed by atoms with Gasteiger partial charge in [0.15, 0.2) is 0 Å². The summed E-state index contributed by atoms with van der Waals surface area (Å²) >= 11 is 0. The highest BCUT2D eigenvalue weighted by Crippen LogP contribution is 2.25. The Kier molecular flexibility index (Phi) is 4.10. The van der Waals surface area contributed by atoms with E-state index in [9.17, 15) is 4.79 Å². The molecule has 0 bridgehead atoms. The Labute approximate surface area is 114 Å². The normalized spacial score (nSPS) is 23.5. The van der Waals surface area contributed by atoms with Crippen LogP contribution in [-0.4, -0.2) is 43.2 Å². The summed E-state index contributed by atoms with van der Waals surface area (Å²) in [6.45, 7) is 4.38. The number of aliphatic carboxylic acids is 1. The Morgan fingerprint density at radius 3 is 2.42 bits per heavy atom. The zero-order valence-electron chi connectivity index (χ0n) is 11.8. The fourth-order valence-corrected chi connectivity index (χ4v) is 2.68. The number of likely N-dealkylation sites (tertiary alicyclic amines) is 1. The molecule has 0 aliphatic carbocycles. The number of rotatable bonds is 4. The minimum Gasteiger partial charge on any atom is -0.481 e. The van der Waals surface area contributed by atoms with E-state index in [1.807, 2.05) is 21.0 Å². The average Bonchev–Trinajstić information content (AvgIpc) is 2.71. The van der Waals surface area contributed by atoms with Gasteiger partial charge in [-0.05, 0) is 23.6 Å².